The molecular weight excluding hydrogens is 410 g/mol. The zero-order chi connectivity index (χ0) is 22.4. The maximum Gasteiger partial charge on any atom is 0.0702 e. The van der Waals surface area contributed by atoms with Crippen LogP contribution in [0.15, 0.2) is 109 Å². The number of hydrogen-bond acceptors (Lipinski definition) is 1. The molecule has 0 amide bonds. The molecule has 2 atom stereocenters. The first-order valence-electron chi connectivity index (χ1n) is 12.1. The molecule has 2 aliphatic heterocycles. The van der Waals surface area contributed by atoms with Crippen molar-refractivity contribution in [3.8, 4) is 0 Å². The Labute approximate surface area is 199 Å². The molecule has 1 heteroatoms. The van der Waals surface area contributed by atoms with Crippen LogP contribution < -0.4 is 4.90 Å². The van der Waals surface area contributed by atoms with E-state index in [2.05, 4.69) is 121 Å². The van der Waals surface area contributed by atoms with Crippen LogP contribution in [0.4, 0.5) is 11.4 Å². The number of allylic oxidation sites excluding steroid dienone is 2. The van der Waals surface area contributed by atoms with Crippen molar-refractivity contribution in [3.05, 3.63) is 131 Å². The number of hydrogen-bond donors (Lipinski definition) is 0. The fourth-order valence-corrected chi connectivity index (χ4v) is 6.31. The lowest BCUT2D eigenvalue weighted by atomic mass is 9.80. The minimum absolute atomic E-state index is 0.327. The van der Waals surface area contributed by atoms with Gasteiger partial charge in [0.2, 0.25) is 0 Å². The zero-order valence-corrected chi connectivity index (χ0v) is 19.0. The lowest BCUT2D eigenvalue weighted by Gasteiger charge is -2.26. The van der Waals surface area contributed by atoms with Gasteiger partial charge in [-0.15, -0.1) is 0 Å². The van der Waals surface area contributed by atoms with Gasteiger partial charge in [0, 0.05) is 17.2 Å². The van der Waals surface area contributed by atoms with Crippen LogP contribution in [0.2, 0.25) is 0 Å². The van der Waals surface area contributed by atoms with E-state index < -0.39 is 0 Å². The van der Waals surface area contributed by atoms with Crippen molar-refractivity contribution in [1.29, 1.82) is 0 Å². The Hall–Kier alpha value is -4.10. The van der Waals surface area contributed by atoms with Crippen LogP contribution in [0.5, 0.6) is 0 Å². The summed E-state index contributed by atoms with van der Waals surface area (Å²) in [6, 6.07) is 36.5. The molecule has 0 bridgehead atoms. The molecule has 0 radical (unpaired) electrons. The molecule has 1 nitrogen and oxygen atoms in total. The van der Waals surface area contributed by atoms with E-state index in [1.807, 2.05) is 0 Å². The summed E-state index contributed by atoms with van der Waals surface area (Å²) in [5.74, 6) is 0.339. The topological polar surface area (TPSA) is 3.24 Å². The molecule has 5 aromatic carbocycles. The van der Waals surface area contributed by atoms with Crippen LogP contribution in [0, 0.1) is 6.92 Å². The lowest BCUT2D eigenvalue weighted by Crippen LogP contribution is -2.26. The fourth-order valence-electron chi connectivity index (χ4n) is 6.31. The molecule has 2 heterocycles. The monoisotopic (exact) mass is 433 g/mol. The molecule has 0 spiro atoms. The fraction of sp³-hybridized carbons (Fsp3) is 0.0909. The average Bonchev–Trinajstić information content (AvgIpc) is 3.36. The molecule has 160 valence electrons. The number of anilines is 2. The molecular formula is C33H23N. The van der Waals surface area contributed by atoms with Gasteiger partial charge in [0.05, 0.1) is 11.7 Å². The van der Waals surface area contributed by atoms with Gasteiger partial charge in [0.25, 0.3) is 0 Å². The lowest BCUT2D eigenvalue weighted by molar-refractivity contribution is 0.784. The van der Waals surface area contributed by atoms with Crippen LogP contribution in [-0.4, -0.2) is 6.04 Å². The molecule has 0 aromatic heterocycles. The highest BCUT2D eigenvalue weighted by Gasteiger charge is 2.48. The molecule has 1 aliphatic carbocycles. The largest absolute Gasteiger partial charge is 0.332 e. The van der Waals surface area contributed by atoms with Crippen LogP contribution in [0.3, 0.4) is 0 Å². The van der Waals surface area contributed by atoms with Crippen LogP contribution in [0.1, 0.15) is 28.2 Å². The maximum absolute atomic E-state index is 2.61. The van der Waals surface area contributed by atoms with E-state index in [1.54, 1.807) is 0 Å². The average molecular weight is 434 g/mol. The Kier molecular flexibility index (Phi) is 3.50. The second-order valence-corrected chi connectivity index (χ2v) is 9.90. The van der Waals surface area contributed by atoms with Crippen molar-refractivity contribution >= 4 is 44.1 Å². The van der Waals surface area contributed by atoms with Gasteiger partial charge in [-0.3, -0.25) is 0 Å². The molecule has 0 fully saturated rings. The molecule has 8 rings (SSSR count). The van der Waals surface area contributed by atoms with Crippen LogP contribution in [0.25, 0.3) is 32.7 Å². The molecule has 0 N–H and O–H groups in total. The third-order valence-corrected chi connectivity index (χ3v) is 7.94. The third-order valence-electron chi connectivity index (χ3n) is 7.94. The smallest absolute Gasteiger partial charge is 0.0702 e. The summed E-state index contributed by atoms with van der Waals surface area (Å²) >= 11 is 0. The van der Waals surface area contributed by atoms with E-state index in [1.165, 1.54) is 66.3 Å². The van der Waals surface area contributed by atoms with Gasteiger partial charge in [-0.25, -0.2) is 0 Å². The zero-order valence-electron chi connectivity index (χ0n) is 19.0. The van der Waals surface area contributed by atoms with E-state index in [0.29, 0.717) is 12.0 Å². The summed E-state index contributed by atoms with van der Waals surface area (Å²) < 4.78 is 0. The summed E-state index contributed by atoms with van der Waals surface area (Å²) in [4.78, 5) is 2.61. The van der Waals surface area contributed by atoms with E-state index in [9.17, 15) is 0 Å². The van der Waals surface area contributed by atoms with Gasteiger partial charge >= 0.3 is 0 Å². The first-order chi connectivity index (χ1) is 16.7. The first kappa shape index (κ1) is 18.3. The van der Waals surface area contributed by atoms with E-state index in [-0.39, 0.29) is 0 Å². The highest BCUT2D eigenvalue weighted by Crippen LogP contribution is 2.60. The Morgan fingerprint density at radius 2 is 1.26 bits per heavy atom. The van der Waals surface area contributed by atoms with E-state index in [0.717, 1.165) is 0 Å². The summed E-state index contributed by atoms with van der Waals surface area (Å²) in [6.07, 6.45) is 4.96. The number of fused-ring (bicyclic) bond motifs is 8. The van der Waals surface area contributed by atoms with Crippen molar-refractivity contribution in [2.45, 2.75) is 18.9 Å². The molecule has 34 heavy (non-hydrogen) atoms. The second-order valence-electron chi connectivity index (χ2n) is 9.90. The number of nitrogens with zero attached hydrogens (tertiary/aromatic N) is 1. The molecule has 2 unspecified atom stereocenters. The molecule has 5 aromatic rings. The van der Waals surface area contributed by atoms with Gasteiger partial charge in [-0.05, 0) is 81.1 Å². The standard InChI is InChI=1S/C33H23N/c1-20-10-12-21(13-11-20)26-16-29-27-14-22-6-2-4-8-24(22)18-31(27)34-32-19-25-9-5-3-7-23(25)15-28(32)30(17-26)33(29)34/h2-19,29,33H,1H3. The van der Waals surface area contributed by atoms with Crippen molar-refractivity contribution < 1.29 is 0 Å². The Morgan fingerprint density at radius 3 is 1.97 bits per heavy atom. The highest BCUT2D eigenvalue weighted by atomic mass is 15.2. The van der Waals surface area contributed by atoms with Gasteiger partial charge in [-0.2, -0.15) is 0 Å². The quantitative estimate of drug-likeness (QED) is 0.256. The van der Waals surface area contributed by atoms with Crippen molar-refractivity contribution in [2.24, 2.45) is 0 Å². The minimum atomic E-state index is 0.327. The normalized spacial score (nSPS) is 19.6. The number of benzene rings is 5. The van der Waals surface area contributed by atoms with E-state index in [4.69, 9.17) is 0 Å². The van der Waals surface area contributed by atoms with Crippen molar-refractivity contribution in [3.63, 3.8) is 0 Å². The number of aryl methyl sites for hydroxylation is 1. The van der Waals surface area contributed by atoms with Gasteiger partial charge in [0.15, 0.2) is 0 Å². The Morgan fingerprint density at radius 1 is 0.647 bits per heavy atom. The molecule has 0 saturated carbocycles. The summed E-state index contributed by atoms with van der Waals surface area (Å²) in [5, 5.41) is 5.24. The minimum Gasteiger partial charge on any atom is -0.332 e. The third kappa shape index (κ3) is 2.39. The Balaban J connectivity index is 1.44. The SMILES string of the molecule is Cc1ccc(C2=CC3c4cc5ccccc5cc4N4c5cc6ccccc6cc5C(=C2)C34)cc1. The van der Waals surface area contributed by atoms with Gasteiger partial charge in [0.1, 0.15) is 0 Å². The first-order valence-corrected chi connectivity index (χ1v) is 12.1. The van der Waals surface area contributed by atoms with Crippen LogP contribution >= 0.6 is 0 Å². The molecule has 3 aliphatic rings. The predicted octanol–water partition coefficient (Wildman–Crippen LogP) is 8.40. The summed E-state index contributed by atoms with van der Waals surface area (Å²) in [6.45, 7) is 2.15. The van der Waals surface area contributed by atoms with E-state index >= 15 is 0 Å². The van der Waals surface area contributed by atoms with Crippen molar-refractivity contribution in [2.75, 3.05) is 4.90 Å². The van der Waals surface area contributed by atoms with Crippen LogP contribution in [-0.2, 0) is 0 Å². The van der Waals surface area contributed by atoms with Gasteiger partial charge < -0.3 is 4.90 Å². The van der Waals surface area contributed by atoms with Crippen molar-refractivity contribution in [1.82, 2.24) is 0 Å². The highest BCUT2D eigenvalue weighted by molar-refractivity contribution is 6.07. The summed E-state index contributed by atoms with van der Waals surface area (Å²) in [7, 11) is 0. The molecule has 0 saturated heterocycles. The number of rotatable bonds is 1. The summed E-state index contributed by atoms with van der Waals surface area (Å²) in [5.41, 5.74) is 10.9. The maximum atomic E-state index is 2.61. The second kappa shape index (κ2) is 6.48. The van der Waals surface area contributed by atoms with Gasteiger partial charge in [-0.1, -0.05) is 84.4 Å². The Bertz CT molecular complexity index is 1720. The predicted molar refractivity (Wildman–Crippen MR) is 144 cm³/mol.